The Balaban J connectivity index is 1.79. The zero-order chi connectivity index (χ0) is 17.8. The predicted octanol–water partition coefficient (Wildman–Crippen LogP) is 4.06. The highest BCUT2D eigenvalue weighted by atomic mass is 32.2. The van der Waals surface area contributed by atoms with Crippen molar-refractivity contribution in [1.29, 1.82) is 0 Å². The van der Waals surface area contributed by atoms with E-state index < -0.39 is 22.2 Å². The maximum Gasteiger partial charge on any atom is 0.313 e. The van der Waals surface area contributed by atoms with Gasteiger partial charge in [0.1, 0.15) is 0 Å². The monoisotopic (exact) mass is 355 g/mol. The molecule has 2 aliphatic rings. The van der Waals surface area contributed by atoms with Crippen molar-refractivity contribution >= 4 is 29.3 Å². The molecule has 1 saturated heterocycles. The predicted molar refractivity (Wildman–Crippen MR) is 86.9 cm³/mol. The van der Waals surface area contributed by atoms with Crippen LogP contribution >= 0.6 is 11.8 Å². The first-order chi connectivity index (χ1) is 11.1. The lowest BCUT2D eigenvalue weighted by atomic mass is 9.66. The van der Waals surface area contributed by atoms with Crippen LogP contribution in [0, 0.1) is 10.8 Å². The van der Waals surface area contributed by atoms with Gasteiger partial charge in [-0.3, -0.25) is 9.59 Å². The normalized spacial score (nSPS) is 30.5. The molecule has 0 radical (unpaired) electrons. The van der Waals surface area contributed by atoms with Gasteiger partial charge in [0.15, 0.2) is 5.60 Å². The molecule has 0 unspecified atom stereocenters. The van der Waals surface area contributed by atoms with Crippen LogP contribution in [0.2, 0.25) is 0 Å². The highest BCUT2D eigenvalue weighted by Gasteiger charge is 2.75. The molecule has 3 rings (SSSR count). The van der Waals surface area contributed by atoms with Crippen molar-refractivity contribution in [1.82, 2.24) is 0 Å². The van der Waals surface area contributed by atoms with E-state index in [0.717, 1.165) is 0 Å². The fourth-order valence-corrected chi connectivity index (χ4v) is 4.20. The van der Waals surface area contributed by atoms with Crippen molar-refractivity contribution in [3.63, 3.8) is 0 Å². The van der Waals surface area contributed by atoms with Crippen LogP contribution in [0.5, 0.6) is 0 Å². The third kappa shape index (κ3) is 2.24. The first-order valence-electron chi connectivity index (χ1n) is 7.72. The number of halogens is 2. The zero-order valence-electron chi connectivity index (χ0n) is 13.7. The maximum absolute atomic E-state index is 12.8. The van der Waals surface area contributed by atoms with Crippen molar-refractivity contribution in [3.05, 3.63) is 24.3 Å². The number of fused-ring (bicyclic) bond motifs is 2. The molecule has 1 amide bonds. The molecule has 130 valence electrons. The van der Waals surface area contributed by atoms with E-state index in [4.69, 9.17) is 4.74 Å². The standard InChI is InChI=1S/C17H19F2NO3S/c1-15(2)16(3)8-9-17(15,23-13(16)22)12(21)20-10-4-6-11(7-5-10)24-14(18)19/h4-7,14H,8-9H2,1-3H3,(H,20,21)/t16-,17-/m0/s1. The third-order valence-corrected chi connectivity index (χ3v) is 6.51. The molecule has 1 heterocycles. The van der Waals surface area contributed by atoms with E-state index in [1.807, 2.05) is 20.8 Å². The van der Waals surface area contributed by atoms with Gasteiger partial charge in [0.2, 0.25) is 0 Å². The van der Waals surface area contributed by atoms with Crippen LogP contribution in [-0.2, 0) is 14.3 Å². The van der Waals surface area contributed by atoms with Crippen LogP contribution in [0.1, 0.15) is 33.6 Å². The minimum Gasteiger partial charge on any atom is -0.448 e. The minimum atomic E-state index is -2.49. The van der Waals surface area contributed by atoms with Crippen LogP contribution in [0.3, 0.4) is 0 Å². The molecule has 1 N–H and O–H groups in total. The molecular formula is C17H19F2NO3S. The molecule has 4 nitrogen and oxygen atoms in total. The molecule has 0 spiro atoms. The van der Waals surface area contributed by atoms with Gasteiger partial charge >= 0.3 is 5.97 Å². The highest BCUT2D eigenvalue weighted by molar-refractivity contribution is 7.99. The van der Waals surface area contributed by atoms with Gasteiger partial charge in [-0.1, -0.05) is 25.6 Å². The van der Waals surface area contributed by atoms with Crippen LogP contribution < -0.4 is 5.32 Å². The lowest BCUT2D eigenvalue weighted by molar-refractivity contribution is -0.165. The summed E-state index contributed by atoms with van der Waals surface area (Å²) in [5.41, 5.74) is -1.98. The Morgan fingerprint density at radius 1 is 1.21 bits per heavy atom. The van der Waals surface area contributed by atoms with E-state index in [-0.39, 0.29) is 11.9 Å². The molecule has 0 aromatic heterocycles. The van der Waals surface area contributed by atoms with Gasteiger partial charge < -0.3 is 10.1 Å². The van der Waals surface area contributed by atoms with Crippen molar-refractivity contribution in [3.8, 4) is 0 Å². The Kier molecular flexibility index (Phi) is 3.90. The molecular weight excluding hydrogens is 336 g/mol. The number of carbonyl (C=O) groups is 2. The number of alkyl halides is 2. The van der Waals surface area contributed by atoms with E-state index in [1.165, 1.54) is 12.1 Å². The Bertz CT molecular complexity index is 692. The first-order valence-corrected chi connectivity index (χ1v) is 8.60. The van der Waals surface area contributed by atoms with E-state index in [2.05, 4.69) is 5.32 Å². The van der Waals surface area contributed by atoms with Crippen LogP contribution in [0.4, 0.5) is 14.5 Å². The summed E-state index contributed by atoms with van der Waals surface area (Å²) in [6.45, 7) is 5.60. The third-order valence-electron chi connectivity index (χ3n) is 5.79. The summed E-state index contributed by atoms with van der Waals surface area (Å²) in [5, 5.41) is 2.76. The van der Waals surface area contributed by atoms with E-state index in [1.54, 1.807) is 12.1 Å². The molecule has 1 saturated carbocycles. The number of thioether (sulfide) groups is 1. The number of hydrogen-bond donors (Lipinski definition) is 1. The molecule has 2 atom stereocenters. The molecule has 2 bridgehead atoms. The Labute approximate surface area is 143 Å². The number of hydrogen-bond acceptors (Lipinski definition) is 4. The quantitative estimate of drug-likeness (QED) is 0.654. The Morgan fingerprint density at radius 2 is 1.83 bits per heavy atom. The number of amides is 1. The number of benzene rings is 1. The molecule has 1 aliphatic heterocycles. The second-order valence-corrected chi connectivity index (χ2v) is 8.09. The number of ether oxygens (including phenoxy) is 1. The largest absolute Gasteiger partial charge is 0.448 e. The van der Waals surface area contributed by atoms with Crippen LogP contribution in [0.15, 0.2) is 29.2 Å². The molecule has 1 aromatic rings. The zero-order valence-corrected chi connectivity index (χ0v) is 14.5. The number of carbonyl (C=O) groups excluding carboxylic acids is 2. The molecule has 24 heavy (non-hydrogen) atoms. The number of nitrogens with one attached hydrogen (secondary N) is 1. The summed E-state index contributed by atoms with van der Waals surface area (Å²) in [7, 11) is 0. The van der Waals surface area contributed by atoms with Gasteiger partial charge in [-0.25, -0.2) is 0 Å². The van der Waals surface area contributed by atoms with Gasteiger partial charge in [-0.05, 0) is 44.0 Å². The molecule has 1 aliphatic carbocycles. The Morgan fingerprint density at radius 3 is 2.29 bits per heavy atom. The minimum absolute atomic E-state index is 0.336. The van der Waals surface area contributed by atoms with Gasteiger partial charge in [-0.15, -0.1) is 0 Å². The topological polar surface area (TPSA) is 55.4 Å². The van der Waals surface area contributed by atoms with Crippen molar-refractivity contribution < 1.29 is 23.1 Å². The lowest BCUT2D eigenvalue weighted by Gasteiger charge is -2.35. The molecule has 7 heteroatoms. The SMILES string of the molecule is CC1(C)[C@@]2(C)CC[C@@]1(C(=O)Nc1ccc(SC(F)F)cc1)OC2=O. The van der Waals surface area contributed by atoms with Crippen LogP contribution in [-0.4, -0.2) is 23.2 Å². The number of esters is 1. The summed E-state index contributed by atoms with van der Waals surface area (Å²) < 4.78 is 30.2. The van der Waals surface area contributed by atoms with E-state index >= 15 is 0 Å². The lowest BCUT2D eigenvalue weighted by Crippen LogP contribution is -2.50. The van der Waals surface area contributed by atoms with Gasteiger partial charge in [-0.2, -0.15) is 8.78 Å². The summed E-state index contributed by atoms with van der Waals surface area (Å²) in [6.07, 6.45) is 1.09. The summed E-state index contributed by atoms with van der Waals surface area (Å²) in [5.74, 6) is -3.19. The molecule has 1 aromatic carbocycles. The Hall–Kier alpha value is -1.63. The molecule has 2 fully saturated rings. The number of anilines is 1. The van der Waals surface area contributed by atoms with Crippen LogP contribution in [0.25, 0.3) is 0 Å². The maximum atomic E-state index is 12.8. The summed E-state index contributed by atoms with van der Waals surface area (Å²) >= 11 is 0.446. The van der Waals surface area contributed by atoms with Gasteiger partial charge in [0.05, 0.1) is 5.41 Å². The van der Waals surface area contributed by atoms with Crippen molar-refractivity contribution in [2.45, 2.75) is 49.9 Å². The fourth-order valence-electron chi connectivity index (χ4n) is 3.70. The highest BCUT2D eigenvalue weighted by Crippen LogP contribution is 2.65. The smallest absolute Gasteiger partial charge is 0.313 e. The van der Waals surface area contributed by atoms with Gasteiger partial charge in [0, 0.05) is 16.0 Å². The summed E-state index contributed by atoms with van der Waals surface area (Å²) in [4.78, 5) is 25.5. The second kappa shape index (κ2) is 5.44. The van der Waals surface area contributed by atoms with E-state index in [9.17, 15) is 18.4 Å². The first kappa shape index (κ1) is 17.2. The van der Waals surface area contributed by atoms with Gasteiger partial charge in [0.25, 0.3) is 11.7 Å². The van der Waals surface area contributed by atoms with Crippen molar-refractivity contribution in [2.24, 2.45) is 10.8 Å². The van der Waals surface area contributed by atoms with Crippen molar-refractivity contribution in [2.75, 3.05) is 5.32 Å². The average molecular weight is 355 g/mol. The number of rotatable bonds is 4. The van der Waals surface area contributed by atoms with E-state index in [0.29, 0.717) is 35.2 Å². The average Bonchev–Trinajstić information content (AvgIpc) is 2.79. The second-order valence-electron chi connectivity index (χ2n) is 7.03. The fraction of sp³-hybridized carbons (Fsp3) is 0.529. The summed E-state index contributed by atoms with van der Waals surface area (Å²) in [6, 6.07) is 6.18.